The van der Waals surface area contributed by atoms with Crippen molar-refractivity contribution in [3.63, 3.8) is 0 Å². The molecule has 0 atom stereocenters. The molecule has 3 rings (SSSR count). The molecular formula is C28H29BClF3N3O4. The van der Waals surface area contributed by atoms with Crippen LogP contribution in [0.4, 0.5) is 19.0 Å². The average molecular weight is 575 g/mol. The predicted octanol–water partition coefficient (Wildman–Crippen LogP) is 4.73. The first-order chi connectivity index (χ1) is 18.6. The highest BCUT2D eigenvalue weighted by atomic mass is 35.5. The molecule has 0 aliphatic carbocycles. The van der Waals surface area contributed by atoms with Crippen LogP contribution in [-0.4, -0.2) is 60.9 Å². The van der Waals surface area contributed by atoms with Gasteiger partial charge in [0.1, 0.15) is 13.1 Å². The lowest BCUT2D eigenvalue weighted by atomic mass is 9.69. The van der Waals surface area contributed by atoms with Gasteiger partial charge in [0.2, 0.25) is 0 Å². The van der Waals surface area contributed by atoms with Crippen LogP contribution in [0.5, 0.6) is 5.75 Å². The minimum atomic E-state index is -3.20. The monoisotopic (exact) mass is 574 g/mol. The fourth-order valence-electron chi connectivity index (χ4n) is 3.71. The molecular weight excluding hydrogens is 546 g/mol. The summed E-state index contributed by atoms with van der Waals surface area (Å²) in [5.41, 5.74) is 0.432. The van der Waals surface area contributed by atoms with Crippen molar-refractivity contribution >= 4 is 42.0 Å². The minimum absolute atomic E-state index is 0.0225. The molecule has 1 heterocycles. The Morgan fingerprint density at radius 1 is 1.18 bits per heavy atom. The van der Waals surface area contributed by atoms with E-state index < -0.39 is 41.3 Å². The summed E-state index contributed by atoms with van der Waals surface area (Å²) in [5.74, 6) is -5.65. The summed E-state index contributed by atoms with van der Waals surface area (Å²) < 4.78 is 47.3. The summed E-state index contributed by atoms with van der Waals surface area (Å²) >= 11 is 6.05. The van der Waals surface area contributed by atoms with Gasteiger partial charge in [0.15, 0.2) is 18.2 Å². The van der Waals surface area contributed by atoms with Gasteiger partial charge in [-0.25, -0.2) is 18.2 Å². The molecule has 2 amide bonds. The molecule has 0 aliphatic rings. The number of benzene rings is 2. The normalized spacial score (nSPS) is 11.7. The largest absolute Gasteiger partial charge is 0.483 e. The summed E-state index contributed by atoms with van der Waals surface area (Å²) in [6.45, 7) is 4.59. The Bertz CT molecular complexity index is 1390. The van der Waals surface area contributed by atoms with Crippen LogP contribution in [0.2, 0.25) is 11.8 Å². The number of nitrogens with zero attached hydrogens (tertiary/aromatic N) is 2. The summed E-state index contributed by atoms with van der Waals surface area (Å²) in [6.07, 6.45) is 1.39. The third-order valence-corrected chi connectivity index (χ3v) is 6.05. The van der Waals surface area contributed by atoms with E-state index in [1.54, 1.807) is 46.1 Å². The number of pyridine rings is 1. The van der Waals surface area contributed by atoms with Gasteiger partial charge in [-0.1, -0.05) is 36.0 Å². The van der Waals surface area contributed by atoms with Crippen molar-refractivity contribution in [1.82, 2.24) is 10.3 Å². The van der Waals surface area contributed by atoms with Crippen LogP contribution in [0.1, 0.15) is 41.5 Å². The second-order valence-electron chi connectivity index (χ2n) is 9.95. The topological polar surface area (TPSA) is 91.8 Å². The van der Waals surface area contributed by atoms with Crippen molar-refractivity contribution in [3.05, 3.63) is 70.6 Å². The molecule has 40 heavy (non-hydrogen) atoms. The molecule has 1 aromatic heterocycles. The van der Waals surface area contributed by atoms with E-state index >= 15 is 0 Å². The molecule has 0 fully saturated rings. The second-order valence-corrected chi connectivity index (χ2v) is 10.4. The highest BCUT2D eigenvalue weighted by Gasteiger charge is 2.27. The van der Waals surface area contributed by atoms with Gasteiger partial charge in [0.25, 0.3) is 17.7 Å². The van der Waals surface area contributed by atoms with Crippen LogP contribution < -0.4 is 20.4 Å². The van der Waals surface area contributed by atoms with Crippen LogP contribution in [0.3, 0.4) is 0 Å². The lowest BCUT2D eigenvalue weighted by Gasteiger charge is -2.22. The Morgan fingerprint density at radius 3 is 2.48 bits per heavy atom. The van der Waals surface area contributed by atoms with E-state index in [0.717, 1.165) is 11.0 Å². The van der Waals surface area contributed by atoms with Gasteiger partial charge in [-0.15, -0.1) is 0 Å². The van der Waals surface area contributed by atoms with Gasteiger partial charge in [-0.05, 0) is 49.7 Å². The number of aliphatic hydroxyl groups is 1. The van der Waals surface area contributed by atoms with E-state index in [1.807, 2.05) is 0 Å². The molecule has 1 radical (unpaired) electrons. The van der Waals surface area contributed by atoms with Crippen molar-refractivity contribution < 1.29 is 32.6 Å². The quantitative estimate of drug-likeness (QED) is 0.342. The molecule has 0 saturated carbocycles. The smallest absolute Gasteiger partial charge is 0.278 e. The highest BCUT2D eigenvalue weighted by Crippen LogP contribution is 2.33. The SMILES string of the molecule is C[B]c1ccc(C(=O)NCC(C)(C)O)cc1-c1cnc(N(C)C(=O)c2c(F)cccc2Cl)c(OCC(C)(F)F)c1. The number of nitrogens with one attached hydrogen (secondary N) is 1. The van der Waals surface area contributed by atoms with Crippen LogP contribution in [0.25, 0.3) is 11.1 Å². The van der Waals surface area contributed by atoms with E-state index in [1.165, 1.54) is 31.4 Å². The number of rotatable bonds is 10. The fraction of sp³-hybridized carbons (Fsp3) is 0.321. The summed E-state index contributed by atoms with van der Waals surface area (Å²) in [6, 6.07) is 10.1. The van der Waals surface area contributed by atoms with Gasteiger partial charge in [-0.3, -0.25) is 14.5 Å². The number of anilines is 1. The molecule has 7 nitrogen and oxygen atoms in total. The number of amides is 2. The average Bonchev–Trinajstić information content (AvgIpc) is 2.88. The van der Waals surface area contributed by atoms with Gasteiger partial charge in [-0.2, -0.15) is 0 Å². The van der Waals surface area contributed by atoms with Gasteiger partial charge < -0.3 is 15.2 Å². The summed E-state index contributed by atoms with van der Waals surface area (Å²) in [5, 5.41) is 12.5. The van der Waals surface area contributed by atoms with Crippen molar-refractivity contribution in [2.75, 3.05) is 25.1 Å². The van der Waals surface area contributed by atoms with Crippen LogP contribution in [0.15, 0.2) is 48.7 Å². The molecule has 12 heteroatoms. The Kier molecular flexibility index (Phi) is 9.53. The van der Waals surface area contributed by atoms with E-state index in [0.29, 0.717) is 23.5 Å². The molecule has 0 spiro atoms. The molecule has 2 aromatic carbocycles. The Hall–Kier alpha value is -3.57. The zero-order valence-electron chi connectivity index (χ0n) is 22.7. The number of hydrogen-bond donors (Lipinski definition) is 2. The van der Waals surface area contributed by atoms with Crippen LogP contribution >= 0.6 is 11.6 Å². The molecule has 0 bridgehead atoms. The Labute approximate surface area is 236 Å². The Balaban J connectivity index is 2.07. The molecule has 0 saturated heterocycles. The van der Waals surface area contributed by atoms with E-state index in [4.69, 9.17) is 16.3 Å². The maximum absolute atomic E-state index is 14.4. The zero-order chi connectivity index (χ0) is 29.8. The predicted molar refractivity (Wildman–Crippen MR) is 150 cm³/mol. The van der Waals surface area contributed by atoms with Crippen molar-refractivity contribution in [3.8, 4) is 16.9 Å². The number of carbonyl (C=O) groups is 2. The van der Waals surface area contributed by atoms with Crippen molar-refractivity contribution in [1.29, 1.82) is 0 Å². The lowest BCUT2D eigenvalue weighted by molar-refractivity contribution is -0.0228. The van der Waals surface area contributed by atoms with E-state index in [9.17, 15) is 27.9 Å². The first-order valence-electron chi connectivity index (χ1n) is 12.3. The number of alkyl halides is 2. The zero-order valence-corrected chi connectivity index (χ0v) is 23.4. The molecule has 0 aliphatic heterocycles. The maximum atomic E-state index is 14.4. The Morgan fingerprint density at radius 2 is 1.88 bits per heavy atom. The van der Waals surface area contributed by atoms with Crippen LogP contribution in [0, 0.1) is 5.82 Å². The first kappa shape index (κ1) is 31.0. The summed E-state index contributed by atoms with van der Waals surface area (Å²) in [7, 11) is 3.08. The van der Waals surface area contributed by atoms with Gasteiger partial charge in [0.05, 0.1) is 16.2 Å². The number of carbonyl (C=O) groups excluding carboxylic acids is 2. The molecule has 2 N–H and O–H groups in total. The second kappa shape index (κ2) is 12.3. The molecule has 3 aromatic rings. The maximum Gasteiger partial charge on any atom is 0.278 e. The van der Waals surface area contributed by atoms with Crippen molar-refractivity contribution in [2.45, 2.75) is 39.1 Å². The lowest BCUT2D eigenvalue weighted by Crippen LogP contribution is -2.38. The highest BCUT2D eigenvalue weighted by molar-refractivity contribution is 6.54. The van der Waals surface area contributed by atoms with Crippen molar-refractivity contribution in [2.24, 2.45) is 0 Å². The third-order valence-electron chi connectivity index (χ3n) is 5.73. The number of aromatic nitrogens is 1. The number of ether oxygens (including phenoxy) is 1. The number of halogens is 4. The van der Waals surface area contributed by atoms with Crippen LogP contribution in [-0.2, 0) is 0 Å². The van der Waals surface area contributed by atoms with Gasteiger partial charge in [0, 0.05) is 37.8 Å². The number of hydrogen-bond acceptors (Lipinski definition) is 5. The van der Waals surface area contributed by atoms with Gasteiger partial charge >= 0.3 is 0 Å². The third kappa shape index (κ3) is 7.76. The first-order valence-corrected chi connectivity index (χ1v) is 12.7. The minimum Gasteiger partial charge on any atom is -0.483 e. The molecule has 211 valence electrons. The summed E-state index contributed by atoms with van der Waals surface area (Å²) in [4.78, 5) is 31.1. The van der Waals surface area contributed by atoms with E-state index in [-0.39, 0.29) is 28.7 Å². The van der Waals surface area contributed by atoms with E-state index in [2.05, 4.69) is 10.3 Å². The standard InChI is InChI=1S/C28H29BClF3N3O4/c1-27(2,39)14-35-25(37)16-9-10-19(29-4)18(11-16)17-12-22(40-15-28(3,32)33)24(34-13-17)36(5)26(38)23-20(30)7-6-8-21(23)31/h6-13,39H,14-15H2,1-5H3,(H,35,37). The fourth-order valence-corrected chi connectivity index (χ4v) is 3.95. The molecule has 0 unspecified atom stereocenters.